The standard InChI is InChI=1S/C21H22N6O5/c1-32-7-6-24-21(31)12-4-2-11(3-5-12)13-8-14(20(22)26-27-23)10-15(9-13)25-16-17(28)19(30)18(16)29/h2-5,8-10,25,28-30H,6-7H2,1H3,(H,24,31)(H3,22,23,26). The fourth-order valence-electron chi connectivity index (χ4n) is 2.96. The van der Waals surface area contributed by atoms with Crippen LogP contribution < -0.4 is 16.5 Å². The van der Waals surface area contributed by atoms with Crippen molar-refractivity contribution < 1.29 is 24.9 Å². The molecule has 3 rings (SSSR count). The van der Waals surface area contributed by atoms with Crippen molar-refractivity contribution in [2.75, 3.05) is 25.6 Å². The zero-order valence-electron chi connectivity index (χ0n) is 17.1. The Balaban J connectivity index is 1.90. The van der Waals surface area contributed by atoms with Gasteiger partial charge >= 0.3 is 0 Å². The molecule has 11 nitrogen and oxygen atoms in total. The van der Waals surface area contributed by atoms with Crippen LogP contribution in [-0.4, -0.2) is 47.3 Å². The Labute approximate surface area is 183 Å². The molecular formula is C21H22N6O5. The summed E-state index contributed by atoms with van der Waals surface area (Å²) in [5.41, 5.74) is 2.56. The third-order valence-corrected chi connectivity index (χ3v) is 4.63. The normalized spacial score (nSPS) is 13.3. The Morgan fingerprint density at radius 2 is 1.75 bits per heavy atom. The second kappa shape index (κ2) is 9.62. The number of carbonyl (C=O) groups is 1. The minimum atomic E-state index is -0.604. The van der Waals surface area contributed by atoms with E-state index in [0.717, 1.165) is 5.56 Å². The minimum absolute atomic E-state index is 0.0549. The number of amidine groups is 1. The largest absolute Gasteiger partial charge is 0.503 e. The molecule has 8 N–H and O–H groups in total. The van der Waals surface area contributed by atoms with Crippen molar-refractivity contribution >= 4 is 17.4 Å². The number of carbonyl (C=O) groups excluding carboxylic acids is 1. The van der Waals surface area contributed by atoms with Crippen molar-refractivity contribution in [3.05, 3.63) is 76.6 Å². The number of nitrogens with zero attached hydrogens (tertiary/aromatic N) is 2. The van der Waals surface area contributed by atoms with Crippen LogP contribution in [0.15, 0.2) is 75.8 Å². The van der Waals surface area contributed by atoms with Crippen LogP contribution in [0.4, 0.5) is 5.69 Å². The first-order valence-corrected chi connectivity index (χ1v) is 9.41. The molecule has 0 atom stereocenters. The van der Waals surface area contributed by atoms with Gasteiger partial charge in [-0.05, 0) is 41.5 Å². The number of rotatable bonds is 8. The van der Waals surface area contributed by atoms with Crippen LogP contribution in [0.25, 0.3) is 11.1 Å². The van der Waals surface area contributed by atoms with Gasteiger partial charge in [-0.25, -0.2) is 0 Å². The second-order valence-electron chi connectivity index (χ2n) is 6.73. The molecule has 11 heteroatoms. The van der Waals surface area contributed by atoms with E-state index in [1.54, 1.807) is 49.6 Å². The fourth-order valence-corrected chi connectivity index (χ4v) is 2.96. The van der Waals surface area contributed by atoms with Gasteiger partial charge in [0.15, 0.2) is 17.4 Å². The molecule has 0 unspecified atom stereocenters. The molecule has 166 valence electrons. The predicted octanol–water partition coefficient (Wildman–Crippen LogP) is 2.90. The molecule has 0 fully saturated rings. The minimum Gasteiger partial charge on any atom is -0.503 e. The Kier molecular flexibility index (Phi) is 6.71. The van der Waals surface area contributed by atoms with Gasteiger partial charge in [-0.15, -0.1) is 5.11 Å². The van der Waals surface area contributed by atoms with Crippen molar-refractivity contribution in [3.8, 4) is 11.1 Å². The van der Waals surface area contributed by atoms with Gasteiger partial charge in [0, 0.05) is 30.5 Å². The maximum absolute atomic E-state index is 12.2. The maximum atomic E-state index is 12.2. The first-order valence-electron chi connectivity index (χ1n) is 9.41. The van der Waals surface area contributed by atoms with Crippen molar-refractivity contribution in [1.82, 2.24) is 5.32 Å². The van der Waals surface area contributed by atoms with Gasteiger partial charge in [0.05, 0.1) is 6.61 Å². The Bertz CT molecular complexity index is 1140. The third-order valence-electron chi connectivity index (χ3n) is 4.63. The topological polar surface area (TPSA) is 186 Å². The lowest BCUT2D eigenvalue weighted by molar-refractivity contribution is 0.0937. The molecule has 0 spiro atoms. The predicted molar refractivity (Wildman–Crippen MR) is 118 cm³/mol. The summed E-state index contributed by atoms with van der Waals surface area (Å²) in [6.45, 7) is 0.804. The van der Waals surface area contributed by atoms with Gasteiger partial charge in [-0.2, -0.15) is 0 Å². The molecule has 2 aromatic carbocycles. The van der Waals surface area contributed by atoms with Gasteiger partial charge < -0.3 is 36.5 Å². The van der Waals surface area contributed by atoms with E-state index in [1.165, 1.54) is 0 Å². The van der Waals surface area contributed by atoms with E-state index in [1.807, 2.05) is 0 Å². The van der Waals surface area contributed by atoms with E-state index in [0.29, 0.717) is 35.5 Å². The van der Waals surface area contributed by atoms with Crippen LogP contribution in [0, 0.1) is 5.41 Å². The van der Waals surface area contributed by atoms with Crippen LogP contribution in [-0.2, 0) is 4.74 Å². The van der Waals surface area contributed by atoms with Gasteiger partial charge in [0.1, 0.15) is 5.70 Å². The summed E-state index contributed by atoms with van der Waals surface area (Å²) in [7, 11) is 1.55. The smallest absolute Gasteiger partial charge is 0.251 e. The molecule has 0 aromatic heterocycles. The Morgan fingerprint density at radius 3 is 2.38 bits per heavy atom. The summed E-state index contributed by atoms with van der Waals surface area (Å²) in [4.78, 5) is 12.2. The van der Waals surface area contributed by atoms with E-state index < -0.39 is 17.3 Å². The zero-order valence-corrected chi connectivity index (χ0v) is 17.1. The molecule has 0 saturated heterocycles. The van der Waals surface area contributed by atoms with Crippen LogP contribution in [0.5, 0.6) is 0 Å². The van der Waals surface area contributed by atoms with Crippen LogP contribution in [0.2, 0.25) is 0 Å². The summed E-state index contributed by atoms with van der Waals surface area (Å²) < 4.78 is 4.91. The maximum Gasteiger partial charge on any atom is 0.251 e. The summed E-state index contributed by atoms with van der Waals surface area (Å²) in [6.07, 6.45) is 0. The average molecular weight is 438 g/mol. The lowest BCUT2D eigenvalue weighted by atomic mass is 9.99. The highest BCUT2D eigenvalue weighted by atomic mass is 16.5. The number of benzene rings is 2. The number of nitrogens with two attached hydrogens (primary N) is 1. The number of aliphatic hydroxyl groups is 3. The van der Waals surface area contributed by atoms with Crippen molar-refractivity contribution in [2.24, 2.45) is 16.2 Å². The van der Waals surface area contributed by atoms with E-state index in [4.69, 9.17) is 16.0 Å². The number of hydrogen-bond acceptors (Lipinski definition) is 8. The summed E-state index contributed by atoms with van der Waals surface area (Å²) in [6, 6.07) is 11.7. The number of nitrogens with one attached hydrogen (secondary N) is 3. The number of aliphatic hydroxyl groups excluding tert-OH is 3. The number of amides is 1. The molecule has 1 aliphatic rings. The SMILES string of the molecule is COCCNC(=O)c1ccc(-c2cc(NC3=C(O)C(O)=C3O)cc(C(=N)N=NN)c2)cc1. The third kappa shape index (κ3) is 4.68. The van der Waals surface area contributed by atoms with Crippen molar-refractivity contribution in [2.45, 2.75) is 0 Å². The summed E-state index contributed by atoms with van der Waals surface area (Å²) in [5.74, 6) is 3.06. The molecule has 0 radical (unpaired) electrons. The van der Waals surface area contributed by atoms with Crippen molar-refractivity contribution in [1.29, 1.82) is 5.41 Å². The highest BCUT2D eigenvalue weighted by Gasteiger charge is 2.29. The Morgan fingerprint density at radius 1 is 1.03 bits per heavy atom. The molecule has 1 amide bonds. The van der Waals surface area contributed by atoms with Gasteiger partial charge in [0.25, 0.3) is 5.91 Å². The molecular weight excluding hydrogens is 416 g/mol. The summed E-state index contributed by atoms with van der Waals surface area (Å²) >= 11 is 0. The number of methoxy groups -OCH3 is 1. The van der Waals surface area contributed by atoms with Gasteiger partial charge in [0.2, 0.25) is 5.76 Å². The van der Waals surface area contributed by atoms with E-state index in [-0.39, 0.29) is 17.4 Å². The zero-order chi connectivity index (χ0) is 23.3. The number of hydrogen-bond donors (Lipinski definition) is 7. The lowest BCUT2D eigenvalue weighted by Crippen LogP contribution is -2.26. The van der Waals surface area contributed by atoms with Gasteiger partial charge in [-0.1, -0.05) is 17.4 Å². The molecule has 2 aromatic rings. The summed E-state index contributed by atoms with van der Waals surface area (Å²) in [5, 5.41) is 49.1. The van der Waals surface area contributed by atoms with E-state index >= 15 is 0 Å². The highest BCUT2D eigenvalue weighted by Crippen LogP contribution is 2.33. The van der Waals surface area contributed by atoms with Crippen LogP contribution in [0.3, 0.4) is 0 Å². The molecule has 0 aliphatic heterocycles. The van der Waals surface area contributed by atoms with E-state index in [2.05, 4.69) is 21.0 Å². The van der Waals surface area contributed by atoms with Gasteiger partial charge in [-0.3, -0.25) is 10.2 Å². The Hall–Kier alpha value is -4.38. The molecule has 0 saturated carbocycles. The first kappa shape index (κ1) is 22.3. The van der Waals surface area contributed by atoms with Crippen molar-refractivity contribution in [3.63, 3.8) is 0 Å². The van der Waals surface area contributed by atoms with Crippen LogP contribution >= 0.6 is 0 Å². The fraction of sp³-hybridized carbons (Fsp3) is 0.143. The number of ether oxygens (including phenoxy) is 1. The molecule has 32 heavy (non-hydrogen) atoms. The van der Waals surface area contributed by atoms with Crippen LogP contribution in [0.1, 0.15) is 15.9 Å². The molecule has 1 aliphatic carbocycles. The second-order valence-corrected chi connectivity index (χ2v) is 6.73. The molecule has 0 bridgehead atoms. The van der Waals surface area contributed by atoms with E-state index in [9.17, 15) is 20.1 Å². The lowest BCUT2D eigenvalue weighted by Gasteiger charge is -2.21. The number of anilines is 1. The first-order chi connectivity index (χ1) is 15.3. The molecule has 0 heterocycles. The quantitative estimate of drug-likeness (QED) is 0.0824. The average Bonchev–Trinajstić information content (AvgIpc) is 2.82. The highest BCUT2D eigenvalue weighted by molar-refractivity contribution is 5.99. The monoisotopic (exact) mass is 438 g/mol.